The molecule has 0 spiro atoms. The van der Waals surface area contributed by atoms with Gasteiger partial charge in [-0.1, -0.05) is 19.0 Å². The van der Waals surface area contributed by atoms with Crippen molar-refractivity contribution in [1.29, 1.82) is 0 Å². The van der Waals surface area contributed by atoms with Crippen molar-refractivity contribution in [2.75, 3.05) is 0 Å². The minimum absolute atomic E-state index is 0.0719. The summed E-state index contributed by atoms with van der Waals surface area (Å²) in [6.07, 6.45) is 1.80. The first kappa shape index (κ1) is 13.8. The van der Waals surface area contributed by atoms with Crippen LogP contribution in [0.3, 0.4) is 0 Å². The van der Waals surface area contributed by atoms with Gasteiger partial charge in [0, 0.05) is 13.3 Å². The molecule has 1 N–H and O–H groups in total. The summed E-state index contributed by atoms with van der Waals surface area (Å²) in [5.74, 6) is 3.24. The van der Waals surface area contributed by atoms with E-state index < -0.39 is 0 Å². The van der Waals surface area contributed by atoms with E-state index >= 15 is 0 Å². The van der Waals surface area contributed by atoms with Crippen LogP contribution in [0, 0.1) is 6.92 Å². The molecule has 0 amide bonds. The summed E-state index contributed by atoms with van der Waals surface area (Å²) in [6, 6.07) is 4.23. The highest BCUT2D eigenvalue weighted by atomic mass is 16.5. The van der Waals surface area contributed by atoms with E-state index in [1.807, 2.05) is 12.1 Å². The molecule has 0 aliphatic heterocycles. The number of furan rings is 1. The fraction of sp³-hybridized carbons (Fsp3) is 0.571. The van der Waals surface area contributed by atoms with Crippen LogP contribution >= 0.6 is 0 Å². The normalized spacial score (nSPS) is 14.5. The third-order valence-electron chi connectivity index (χ3n) is 3.17. The number of rotatable bonds is 6. The highest BCUT2D eigenvalue weighted by Crippen LogP contribution is 2.22. The van der Waals surface area contributed by atoms with E-state index in [1.165, 1.54) is 0 Å². The van der Waals surface area contributed by atoms with Crippen LogP contribution in [0.15, 0.2) is 21.1 Å². The van der Waals surface area contributed by atoms with Gasteiger partial charge >= 0.3 is 0 Å². The Bertz CT molecular complexity index is 518. The van der Waals surface area contributed by atoms with Crippen molar-refractivity contribution in [3.05, 3.63) is 35.4 Å². The van der Waals surface area contributed by atoms with Gasteiger partial charge in [0.15, 0.2) is 5.82 Å². The molecule has 2 rings (SSSR count). The molecule has 0 aliphatic carbocycles. The Kier molecular flexibility index (Phi) is 4.37. The molecule has 5 heteroatoms. The molecule has 2 aromatic heterocycles. The van der Waals surface area contributed by atoms with Crippen LogP contribution in [0.25, 0.3) is 0 Å². The molecule has 19 heavy (non-hydrogen) atoms. The molecule has 0 fully saturated rings. The van der Waals surface area contributed by atoms with Crippen molar-refractivity contribution in [3.8, 4) is 0 Å². The highest BCUT2D eigenvalue weighted by molar-refractivity contribution is 5.11. The minimum atomic E-state index is 0.0719. The van der Waals surface area contributed by atoms with Gasteiger partial charge in [-0.25, -0.2) is 0 Å². The number of nitrogens with zero attached hydrogens (tertiary/aromatic N) is 2. The summed E-state index contributed by atoms with van der Waals surface area (Å²) in [5, 5.41) is 7.45. The van der Waals surface area contributed by atoms with Crippen molar-refractivity contribution in [1.82, 2.24) is 15.5 Å². The maximum absolute atomic E-state index is 5.75. The summed E-state index contributed by atoms with van der Waals surface area (Å²) in [5.41, 5.74) is 0. The number of hydrogen-bond acceptors (Lipinski definition) is 5. The molecule has 104 valence electrons. The molecule has 5 nitrogen and oxygen atoms in total. The fourth-order valence-electron chi connectivity index (χ4n) is 2.03. The van der Waals surface area contributed by atoms with Gasteiger partial charge in [0.1, 0.15) is 11.5 Å². The lowest BCUT2D eigenvalue weighted by Crippen LogP contribution is -2.24. The second kappa shape index (κ2) is 6.02. The maximum Gasteiger partial charge on any atom is 0.223 e. The van der Waals surface area contributed by atoms with Crippen molar-refractivity contribution in [3.63, 3.8) is 0 Å². The van der Waals surface area contributed by atoms with Gasteiger partial charge in [-0.05, 0) is 25.5 Å². The largest absolute Gasteiger partial charge is 0.464 e. The third kappa shape index (κ3) is 3.23. The summed E-state index contributed by atoms with van der Waals surface area (Å²) >= 11 is 0. The molecule has 2 atom stereocenters. The van der Waals surface area contributed by atoms with Crippen LogP contribution in [0.1, 0.15) is 62.5 Å². The van der Waals surface area contributed by atoms with Crippen LogP contribution in [0.2, 0.25) is 0 Å². The maximum atomic E-state index is 5.75. The van der Waals surface area contributed by atoms with Gasteiger partial charge in [0.25, 0.3) is 0 Å². The zero-order valence-electron chi connectivity index (χ0n) is 11.9. The second-order valence-corrected chi connectivity index (χ2v) is 4.68. The van der Waals surface area contributed by atoms with E-state index in [0.717, 1.165) is 24.4 Å². The minimum Gasteiger partial charge on any atom is -0.464 e. The van der Waals surface area contributed by atoms with Crippen molar-refractivity contribution < 1.29 is 8.94 Å². The average Bonchev–Trinajstić information content (AvgIpc) is 3.04. The molecule has 0 aromatic carbocycles. The zero-order chi connectivity index (χ0) is 13.8. The molecule has 0 unspecified atom stereocenters. The quantitative estimate of drug-likeness (QED) is 0.866. The summed E-state index contributed by atoms with van der Waals surface area (Å²) in [4.78, 5) is 4.28. The van der Waals surface area contributed by atoms with E-state index in [-0.39, 0.29) is 12.1 Å². The molecular weight excluding hydrogens is 242 g/mol. The third-order valence-corrected chi connectivity index (χ3v) is 3.17. The van der Waals surface area contributed by atoms with E-state index in [0.29, 0.717) is 11.7 Å². The molecule has 0 saturated heterocycles. The Morgan fingerprint density at radius 2 is 2.11 bits per heavy atom. The smallest absolute Gasteiger partial charge is 0.223 e. The zero-order valence-corrected chi connectivity index (χ0v) is 11.9. The standard InChI is InChI=1S/C14H21N3O2/c1-5-11-7-8-13(18-11)9(3)15-12(6-2)14-16-10(4)19-17-14/h7-9,12,15H,5-6H2,1-4H3/t9-,12-/m1/s1. The van der Waals surface area contributed by atoms with Crippen LogP contribution < -0.4 is 5.32 Å². The van der Waals surface area contributed by atoms with E-state index in [4.69, 9.17) is 8.94 Å². The molecule has 2 aromatic rings. The van der Waals surface area contributed by atoms with Gasteiger partial charge < -0.3 is 8.94 Å². The number of aryl methyl sites for hydroxylation is 2. The first-order chi connectivity index (χ1) is 9.13. The second-order valence-electron chi connectivity index (χ2n) is 4.68. The summed E-state index contributed by atoms with van der Waals surface area (Å²) in [6.45, 7) is 8.05. The predicted molar refractivity (Wildman–Crippen MR) is 71.7 cm³/mol. The number of aromatic nitrogens is 2. The van der Waals surface area contributed by atoms with Gasteiger partial charge in [-0.15, -0.1) is 0 Å². The van der Waals surface area contributed by atoms with Crippen LogP contribution in [0.5, 0.6) is 0 Å². The lowest BCUT2D eigenvalue weighted by Gasteiger charge is -2.18. The molecule has 0 aliphatic rings. The average molecular weight is 263 g/mol. The molecule has 0 bridgehead atoms. The van der Waals surface area contributed by atoms with E-state index in [2.05, 4.69) is 36.2 Å². The van der Waals surface area contributed by atoms with Crippen molar-refractivity contribution in [2.45, 2.75) is 52.6 Å². The molecular formula is C14H21N3O2. The first-order valence-electron chi connectivity index (χ1n) is 6.78. The molecule has 2 heterocycles. The van der Waals surface area contributed by atoms with Gasteiger partial charge in [0.2, 0.25) is 5.89 Å². The molecule has 0 radical (unpaired) electrons. The van der Waals surface area contributed by atoms with Crippen molar-refractivity contribution >= 4 is 0 Å². The lowest BCUT2D eigenvalue weighted by molar-refractivity contribution is 0.347. The monoisotopic (exact) mass is 263 g/mol. The van der Waals surface area contributed by atoms with Crippen molar-refractivity contribution in [2.24, 2.45) is 0 Å². The topological polar surface area (TPSA) is 64.1 Å². The first-order valence-corrected chi connectivity index (χ1v) is 6.78. The van der Waals surface area contributed by atoms with Crippen LogP contribution in [0.4, 0.5) is 0 Å². The number of nitrogens with one attached hydrogen (secondary N) is 1. The van der Waals surface area contributed by atoms with Gasteiger partial charge in [-0.2, -0.15) is 4.98 Å². The Hall–Kier alpha value is -1.62. The Morgan fingerprint density at radius 1 is 1.32 bits per heavy atom. The summed E-state index contributed by atoms with van der Waals surface area (Å²) < 4.78 is 10.8. The number of hydrogen-bond donors (Lipinski definition) is 1. The predicted octanol–water partition coefficient (Wildman–Crippen LogP) is 3.34. The summed E-state index contributed by atoms with van der Waals surface area (Å²) in [7, 11) is 0. The van der Waals surface area contributed by atoms with Crippen LogP contribution in [-0.2, 0) is 6.42 Å². The van der Waals surface area contributed by atoms with E-state index in [9.17, 15) is 0 Å². The highest BCUT2D eigenvalue weighted by Gasteiger charge is 2.20. The van der Waals surface area contributed by atoms with Crippen LogP contribution in [-0.4, -0.2) is 10.1 Å². The Labute approximate surface area is 113 Å². The van der Waals surface area contributed by atoms with Gasteiger partial charge in [-0.3, -0.25) is 5.32 Å². The van der Waals surface area contributed by atoms with E-state index in [1.54, 1.807) is 6.92 Å². The lowest BCUT2D eigenvalue weighted by atomic mass is 10.1. The SMILES string of the molecule is CCc1ccc([C@@H](C)N[C@H](CC)c2noc(C)n2)o1. The Balaban J connectivity index is 2.05. The van der Waals surface area contributed by atoms with Gasteiger partial charge in [0.05, 0.1) is 12.1 Å². The molecule has 0 saturated carbocycles. The Morgan fingerprint density at radius 3 is 2.63 bits per heavy atom. The fourth-order valence-corrected chi connectivity index (χ4v) is 2.03.